The number of carbonyl (C=O) groups is 2. The summed E-state index contributed by atoms with van der Waals surface area (Å²) < 4.78 is 37.5. The molecule has 1 aromatic rings. The van der Waals surface area contributed by atoms with Gasteiger partial charge in [0.15, 0.2) is 6.61 Å². The van der Waals surface area contributed by atoms with Crippen LogP contribution in [0.2, 0.25) is 0 Å². The summed E-state index contributed by atoms with van der Waals surface area (Å²) in [4.78, 5) is 23.2. The molecule has 0 aromatic heterocycles. The number of amides is 1. The van der Waals surface area contributed by atoms with Gasteiger partial charge in [-0.25, -0.2) is 13.2 Å². The van der Waals surface area contributed by atoms with Crippen LogP contribution in [0, 0.1) is 12.3 Å². The smallest absolute Gasteiger partial charge is 0.331 e. The van der Waals surface area contributed by atoms with E-state index in [1.54, 1.807) is 6.07 Å². The first-order valence-corrected chi connectivity index (χ1v) is 10.6. The zero-order valence-electron chi connectivity index (χ0n) is 16.2. The zero-order chi connectivity index (χ0) is 21.3. The number of piperidine rings is 1. The maximum Gasteiger partial charge on any atom is 0.331 e. The summed E-state index contributed by atoms with van der Waals surface area (Å²) in [7, 11) is -2.30. The van der Waals surface area contributed by atoms with Crippen LogP contribution in [0.4, 0.5) is 0 Å². The fourth-order valence-electron chi connectivity index (χ4n) is 2.79. The first-order valence-electron chi connectivity index (χ1n) is 9.11. The first-order chi connectivity index (χ1) is 13.9. The molecule has 29 heavy (non-hydrogen) atoms. The fourth-order valence-corrected chi connectivity index (χ4v) is 4.50. The lowest BCUT2D eigenvalue weighted by molar-refractivity contribution is -0.143. The molecule has 1 aliphatic rings. The largest absolute Gasteiger partial charge is 0.495 e. The highest BCUT2D eigenvalue weighted by Crippen LogP contribution is 2.29. The second-order valence-electron chi connectivity index (χ2n) is 6.30. The van der Waals surface area contributed by atoms with Gasteiger partial charge in [-0.1, -0.05) is 18.4 Å². The van der Waals surface area contributed by atoms with Gasteiger partial charge in [0.25, 0.3) is 5.91 Å². The summed E-state index contributed by atoms with van der Waals surface area (Å²) in [6, 6.07) is 4.61. The van der Waals surface area contributed by atoms with E-state index in [2.05, 4.69) is 11.2 Å². The van der Waals surface area contributed by atoms with Crippen molar-refractivity contribution in [3.63, 3.8) is 0 Å². The second kappa shape index (κ2) is 10.6. The van der Waals surface area contributed by atoms with E-state index in [1.165, 1.54) is 29.6 Å². The molecular weight excluding hydrogens is 396 g/mol. The molecule has 1 saturated heterocycles. The number of sulfonamides is 1. The van der Waals surface area contributed by atoms with Crippen molar-refractivity contribution in [3.8, 4) is 18.1 Å². The maximum atomic E-state index is 13.0. The Hall–Kier alpha value is -2.83. The quantitative estimate of drug-likeness (QED) is 0.385. The summed E-state index contributed by atoms with van der Waals surface area (Å²) in [5.41, 5.74) is 0.482. The third-order valence-electron chi connectivity index (χ3n) is 4.27. The number of carbonyl (C=O) groups excluding carboxylic acids is 2. The summed E-state index contributed by atoms with van der Waals surface area (Å²) in [6.45, 7) is 0.535. The molecule has 0 atom stereocenters. The average Bonchev–Trinajstić information content (AvgIpc) is 2.75. The van der Waals surface area contributed by atoms with Gasteiger partial charge < -0.3 is 14.8 Å². The van der Waals surface area contributed by atoms with E-state index in [4.69, 9.17) is 15.9 Å². The number of hydrogen-bond donors (Lipinski definition) is 1. The normalized spacial score (nSPS) is 14.9. The summed E-state index contributed by atoms with van der Waals surface area (Å²) in [5.74, 6) is 1.22. The Morgan fingerprint density at radius 3 is 2.66 bits per heavy atom. The molecule has 0 radical (unpaired) electrons. The standard InChI is InChI=1S/C20H24N2O6S/c1-3-11-21-19(23)15-28-20(24)10-8-16-7-9-17(27-2)18(14-16)29(25,26)22-12-5-4-6-13-22/h1,7-10,14H,4-6,11-13,15H2,2H3,(H,21,23)/b10-8+. The van der Waals surface area contributed by atoms with Crippen LogP contribution in [0.5, 0.6) is 5.75 Å². The lowest BCUT2D eigenvalue weighted by atomic mass is 10.2. The van der Waals surface area contributed by atoms with Crippen LogP contribution in [0.1, 0.15) is 24.8 Å². The molecule has 8 nitrogen and oxygen atoms in total. The summed E-state index contributed by atoms with van der Waals surface area (Å²) in [5, 5.41) is 2.37. The molecule has 0 spiro atoms. The van der Waals surface area contributed by atoms with Crippen molar-refractivity contribution in [2.45, 2.75) is 24.2 Å². The van der Waals surface area contributed by atoms with Crippen molar-refractivity contribution in [1.29, 1.82) is 0 Å². The van der Waals surface area contributed by atoms with Crippen LogP contribution >= 0.6 is 0 Å². The molecule has 1 amide bonds. The van der Waals surface area contributed by atoms with E-state index in [0.717, 1.165) is 25.3 Å². The Morgan fingerprint density at radius 2 is 2.00 bits per heavy atom. The number of terminal acetylenes is 1. The summed E-state index contributed by atoms with van der Waals surface area (Å²) >= 11 is 0. The number of ether oxygens (including phenoxy) is 2. The molecule has 1 aromatic carbocycles. The fraction of sp³-hybridized carbons (Fsp3) is 0.400. The van der Waals surface area contributed by atoms with Crippen molar-refractivity contribution in [2.24, 2.45) is 0 Å². The molecule has 1 aliphatic heterocycles. The van der Waals surface area contributed by atoms with E-state index < -0.39 is 28.5 Å². The maximum absolute atomic E-state index is 13.0. The number of nitrogens with zero attached hydrogens (tertiary/aromatic N) is 1. The van der Waals surface area contributed by atoms with Crippen molar-refractivity contribution in [2.75, 3.05) is 33.4 Å². The number of benzene rings is 1. The molecule has 1 fully saturated rings. The lowest BCUT2D eigenvalue weighted by Crippen LogP contribution is -2.35. The summed E-state index contributed by atoms with van der Waals surface area (Å²) in [6.07, 6.45) is 10.2. The van der Waals surface area contributed by atoms with Gasteiger partial charge in [0.05, 0.1) is 13.7 Å². The number of nitrogens with one attached hydrogen (secondary N) is 1. The van der Waals surface area contributed by atoms with Gasteiger partial charge >= 0.3 is 5.97 Å². The number of esters is 1. The van der Waals surface area contributed by atoms with Crippen LogP contribution in [0.25, 0.3) is 6.08 Å². The highest BCUT2D eigenvalue weighted by atomic mass is 32.2. The molecular formula is C20H24N2O6S. The van der Waals surface area contributed by atoms with Crippen molar-refractivity contribution >= 4 is 28.0 Å². The predicted molar refractivity (Wildman–Crippen MR) is 107 cm³/mol. The van der Waals surface area contributed by atoms with Crippen LogP contribution in [0.15, 0.2) is 29.2 Å². The molecule has 9 heteroatoms. The van der Waals surface area contributed by atoms with Gasteiger partial charge in [0.2, 0.25) is 10.0 Å². The Balaban J connectivity index is 2.11. The van der Waals surface area contributed by atoms with Gasteiger partial charge in [-0.2, -0.15) is 4.31 Å². The van der Waals surface area contributed by atoms with Crippen LogP contribution in [-0.4, -0.2) is 58.0 Å². The first kappa shape index (κ1) is 22.5. The molecule has 0 aliphatic carbocycles. The Morgan fingerprint density at radius 1 is 1.28 bits per heavy atom. The van der Waals surface area contributed by atoms with Crippen molar-refractivity contribution in [1.82, 2.24) is 9.62 Å². The average molecular weight is 420 g/mol. The topological polar surface area (TPSA) is 102 Å². The van der Waals surface area contributed by atoms with Gasteiger partial charge in [0.1, 0.15) is 10.6 Å². The van der Waals surface area contributed by atoms with E-state index in [1.807, 2.05) is 0 Å². The molecule has 0 unspecified atom stereocenters. The predicted octanol–water partition coefficient (Wildman–Crippen LogP) is 1.18. The van der Waals surface area contributed by atoms with E-state index in [9.17, 15) is 18.0 Å². The lowest BCUT2D eigenvalue weighted by Gasteiger charge is -2.26. The molecule has 1 heterocycles. The monoisotopic (exact) mass is 420 g/mol. The van der Waals surface area contributed by atoms with Crippen LogP contribution in [0.3, 0.4) is 0 Å². The van der Waals surface area contributed by atoms with Crippen LogP contribution in [-0.2, 0) is 24.3 Å². The minimum atomic E-state index is -3.71. The Kier molecular flexibility index (Phi) is 8.24. The third-order valence-corrected chi connectivity index (χ3v) is 6.19. The highest BCUT2D eigenvalue weighted by molar-refractivity contribution is 7.89. The molecule has 0 saturated carbocycles. The minimum Gasteiger partial charge on any atom is -0.495 e. The Labute approximate surface area is 170 Å². The van der Waals surface area contributed by atoms with E-state index in [-0.39, 0.29) is 17.2 Å². The van der Waals surface area contributed by atoms with Crippen molar-refractivity contribution < 1.29 is 27.5 Å². The number of rotatable bonds is 8. The second-order valence-corrected chi connectivity index (χ2v) is 8.20. The molecule has 156 valence electrons. The van der Waals surface area contributed by atoms with Crippen molar-refractivity contribution in [3.05, 3.63) is 29.8 Å². The van der Waals surface area contributed by atoms with E-state index in [0.29, 0.717) is 18.7 Å². The SMILES string of the molecule is C#CCNC(=O)COC(=O)/C=C/c1ccc(OC)c(S(=O)(=O)N2CCCCC2)c1. The zero-order valence-corrected chi connectivity index (χ0v) is 17.0. The van der Waals surface area contributed by atoms with Crippen LogP contribution < -0.4 is 10.1 Å². The van der Waals surface area contributed by atoms with Gasteiger partial charge in [-0.3, -0.25) is 4.79 Å². The highest BCUT2D eigenvalue weighted by Gasteiger charge is 2.29. The van der Waals surface area contributed by atoms with Gasteiger partial charge in [-0.05, 0) is 36.6 Å². The third kappa shape index (κ3) is 6.34. The van der Waals surface area contributed by atoms with Gasteiger partial charge in [0, 0.05) is 19.2 Å². The minimum absolute atomic E-state index is 0.0473. The van der Waals surface area contributed by atoms with E-state index >= 15 is 0 Å². The molecule has 1 N–H and O–H groups in total. The molecule has 2 rings (SSSR count). The number of methoxy groups -OCH3 is 1. The Bertz CT molecular complexity index is 911. The molecule has 0 bridgehead atoms. The number of hydrogen-bond acceptors (Lipinski definition) is 6. The van der Waals surface area contributed by atoms with Gasteiger partial charge in [-0.15, -0.1) is 6.42 Å².